The number of benzene rings is 1. The highest BCUT2D eigenvalue weighted by Gasteiger charge is 2.37. The molecule has 27 heavy (non-hydrogen) atoms. The summed E-state index contributed by atoms with van der Waals surface area (Å²) in [6.07, 6.45) is 2.16. The summed E-state index contributed by atoms with van der Waals surface area (Å²) >= 11 is 1.42. The Bertz CT molecular complexity index is 804. The largest absolute Gasteiger partial charge is 0.497 e. The van der Waals surface area contributed by atoms with E-state index in [1.165, 1.54) is 11.8 Å². The lowest BCUT2D eigenvalue weighted by molar-refractivity contribution is -0.121. The van der Waals surface area contributed by atoms with E-state index >= 15 is 0 Å². The van der Waals surface area contributed by atoms with Crippen LogP contribution in [0.1, 0.15) is 30.3 Å². The molecular weight excluding hydrogens is 366 g/mol. The maximum atomic E-state index is 13.0. The van der Waals surface area contributed by atoms with Crippen molar-refractivity contribution in [1.29, 1.82) is 0 Å². The average molecular weight is 389 g/mol. The average Bonchev–Trinajstić information content (AvgIpc) is 3.35. The van der Waals surface area contributed by atoms with Crippen LogP contribution in [0.3, 0.4) is 0 Å². The van der Waals surface area contributed by atoms with Crippen molar-refractivity contribution in [2.45, 2.75) is 42.3 Å². The molecule has 1 aromatic heterocycles. The first-order chi connectivity index (χ1) is 13.2. The topological polar surface area (TPSA) is 90.3 Å². The highest BCUT2D eigenvalue weighted by atomic mass is 32.2. The summed E-state index contributed by atoms with van der Waals surface area (Å²) in [5.41, 5.74) is 4.40. The molecule has 1 aromatic carbocycles. The van der Waals surface area contributed by atoms with Gasteiger partial charge in [0.1, 0.15) is 16.8 Å². The number of rotatable bonds is 5. The van der Waals surface area contributed by atoms with E-state index in [0.29, 0.717) is 11.7 Å². The monoisotopic (exact) mass is 389 g/mol. The number of amides is 1. The van der Waals surface area contributed by atoms with E-state index < -0.39 is 0 Å². The van der Waals surface area contributed by atoms with Crippen LogP contribution >= 0.6 is 11.8 Å². The summed E-state index contributed by atoms with van der Waals surface area (Å²) in [5, 5.41) is 11.7. The zero-order valence-corrected chi connectivity index (χ0v) is 16.2. The SMILES string of the molecule is COc1ccc([C@@H]2Nn3c(C)nnc3S[C@H]2C(=O)NC[C@H]2CCCO2)cc1. The van der Waals surface area contributed by atoms with E-state index in [9.17, 15) is 4.79 Å². The summed E-state index contributed by atoms with van der Waals surface area (Å²) in [4.78, 5) is 13.0. The lowest BCUT2D eigenvalue weighted by Crippen LogP contribution is -2.45. The fraction of sp³-hybridized carbons (Fsp3) is 0.500. The maximum Gasteiger partial charge on any atom is 0.236 e. The van der Waals surface area contributed by atoms with Crippen molar-refractivity contribution < 1.29 is 14.3 Å². The number of hydrogen-bond donors (Lipinski definition) is 2. The van der Waals surface area contributed by atoms with E-state index in [4.69, 9.17) is 9.47 Å². The molecule has 1 amide bonds. The van der Waals surface area contributed by atoms with E-state index in [0.717, 1.165) is 36.6 Å². The molecule has 3 atom stereocenters. The van der Waals surface area contributed by atoms with Crippen molar-refractivity contribution in [3.8, 4) is 5.75 Å². The van der Waals surface area contributed by atoms with Gasteiger partial charge in [-0.25, -0.2) is 4.68 Å². The molecule has 0 radical (unpaired) electrons. The van der Waals surface area contributed by atoms with Gasteiger partial charge in [-0.3, -0.25) is 4.79 Å². The molecule has 3 heterocycles. The molecule has 9 heteroatoms. The number of hydrogen-bond acceptors (Lipinski definition) is 7. The van der Waals surface area contributed by atoms with Crippen molar-refractivity contribution >= 4 is 17.7 Å². The maximum absolute atomic E-state index is 13.0. The van der Waals surface area contributed by atoms with Crippen molar-refractivity contribution in [3.63, 3.8) is 0 Å². The summed E-state index contributed by atoms with van der Waals surface area (Å²) in [7, 11) is 1.64. The molecule has 1 fully saturated rings. The van der Waals surface area contributed by atoms with Gasteiger partial charge in [0.2, 0.25) is 11.1 Å². The summed E-state index contributed by atoms with van der Waals surface area (Å²) < 4.78 is 12.7. The molecule has 0 spiro atoms. The van der Waals surface area contributed by atoms with Crippen LogP contribution in [0.5, 0.6) is 5.75 Å². The molecule has 2 N–H and O–H groups in total. The minimum atomic E-state index is -0.365. The van der Waals surface area contributed by atoms with Gasteiger partial charge in [0, 0.05) is 13.2 Å². The molecule has 2 aliphatic rings. The normalized spacial score (nSPS) is 24.1. The molecule has 0 aliphatic carbocycles. The first-order valence-electron chi connectivity index (χ1n) is 9.04. The molecule has 2 aliphatic heterocycles. The van der Waals surface area contributed by atoms with E-state index in [1.54, 1.807) is 7.11 Å². The minimum absolute atomic E-state index is 0.0317. The number of carbonyl (C=O) groups excluding carboxylic acids is 1. The Kier molecular flexibility index (Phi) is 5.22. The van der Waals surface area contributed by atoms with Crippen LogP contribution in [0.15, 0.2) is 29.4 Å². The molecule has 2 aromatic rings. The number of thioether (sulfide) groups is 1. The predicted molar refractivity (Wildman–Crippen MR) is 101 cm³/mol. The second-order valence-electron chi connectivity index (χ2n) is 6.66. The zero-order valence-electron chi connectivity index (χ0n) is 15.3. The van der Waals surface area contributed by atoms with E-state index in [1.807, 2.05) is 35.9 Å². The van der Waals surface area contributed by atoms with Crippen molar-refractivity contribution in [1.82, 2.24) is 20.2 Å². The van der Waals surface area contributed by atoms with Gasteiger partial charge in [-0.15, -0.1) is 10.2 Å². The summed E-state index contributed by atoms with van der Waals surface area (Å²) in [5.74, 6) is 1.51. The Balaban J connectivity index is 1.56. The molecule has 0 unspecified atom stereocenters. The third kappa shape index (κ3) is 3.74. The van der Waals surface area contributed by atoms with Crippen molar-refractivity contribution in [2.24, 2.45) is 0 Å². The Labute approximate surface area is 162 Å². The van der Waals surface area contributed by atoms with Gasteiger partial charge in [0.15, 0.2) is 0 Å². The van der Waals surface area contributed by atoms with Crippen LogP contribution in [0.25, 0.3) is 0 Å². The Hall–Kier alpha value is -2.26. The van der Waals surface area contributed by atoms with Crippen LogP contribution in [0.2, 0.25) is 0 Å². The van der Waals surface area contributed by atoms with Gasteiger partial charge in [-0.05, 0) is 37.5 Å². The summed E-state index contributed by atoms with van der Waals surface area (Å²) in [6, 6.07) is 7.53. The third-order valence-electron chi connectivity index (χ3n) is 4.86. The highest BCUT2D eigenvalue weighted by molar-refractivity contribution is 8.00. The fourth-order valence-corrected chi connectivity index (χ4v) is 4.49. The zero-order chi connectivity index (χ0) is 18.8. The second kappa shape index (κ2) is 7.77. The number of nitrogens with zero attached hydrogens (tertiary/aromatic N) is 3. The number of methoxy groups -OCH3 is 1. The van der Waals surface area contributed by atoms with Gasteiger partial charge >= 0.3 is 0 Å². The fourth-order valence-electron chi connectivity index (χ4n) is 3.34. The Morgan fingerprint density at radius 1 is 1.41 bits per heavy atom. The Morgan fingerprint density at radius 3 is 2.93 bits per heavy atom. The minimum Gasteiger partial charge on any atom is -0.497 e. The Morgan fingerprint density at radius 2 is 2.22 bits per heavy atom. The number of carbonyl (C=O) groups is 1. The quantitative estimate of drug-likeness (QED) is 0.803. The van der Waals surface area contributed by atoms with Crippen molar-refractivity contribution in [3.05, 3.63) is 35.7 Å². The number of nitrogens with one attached hydrogen (secondary N) is 2. The standard InChI is InChI=1S/C18H23N5O3S/c1-11-20-21-18-23(11)22-15(12-5-7-13(25-2)8-6-12)16(27-18)17(24)19-10-14-4-3-9-26-14/h5-8,14-16,22H,3-4,9-10H2,1-2H3,(H,19,24)/t14-,15+,16-/m1/s1. The van der Waals surface area contributed by atoms with Crippen LogP contribution < -0.4 is 15.5 Å². The smallest absolute Gasteiger partial charge is 0.236 e. The van der Waals surface area contributed by atoms with Gasteiger partial charge in [-0.1, -0.05) is 23.9 Å². The highest BCUT2D eigenvalue weighted by Crippen LogP contribution is 2.37. The molecule has 1 saturated heterocycles. The molecular formula is C18H23N5O3S. The molecule has 0 bridgehead atoms. The van der Waals surface area contributed by atoms with Crippen LogP contribution in [-0.2, 0) is 9.53 Å². The number of ether oxygens (including phenoxy) is 2. The predicted octanol–water partition coefficient (Wildman–Crippen LogP) is 1.65. The third-order valence-corrected chi connectivity index (χ3v) is 6.07. The van der Waals surface area contributed by atoms with Gasteiger partial charge in [0.25, 0.3) is 0 Å². The lowest BCUT2D eigenvalue weighted by Gasteiger charge is -2.33. The summed E-state index contributed by atoms with van der Waals surface area (Å²) in [6.45, 7) is 3.20. The van der Waals surface area contributed by atoms with Gasteiger partial charge in [-0.2, -0.15) is 0 Å². The van der Waals surface area contributed by atoms with Crippen LogP contribution in [0.4, 0.5) is 0 Å². The first kappa shape index (κ1) is 18.1. The molecule has 8 nitrogen and oxygen atoms in total. The molecule has 4 rings (SSSR count). The van der Waals surface area contributed by atoms with Crippen LogP contribution in [-0.4, -0.2) is 52.4 Å². The van der Waals surface area contributed by atoms with Crippen LogP contribution in [0, 0.1) is 6.92 Å². The van der Waals surface area contributed by atoms with E-state index in [-0.39, 0.29) is 23.3 Å². The first-order valence-corrected chi connectivity index (χ1v) is 9.92. The molecule has 144 valence electrons. The number of fused-ring (bicyclic) bond motifs is 1. The van der Waals surface area contributed by atoms with Gasteiger partial charge in [0.05, 0.1) is 19.3 Å². The van der Waals surface area contributed by atoms with E-state index in [2.05, 4.69) is 20.9 Å². The number of aryl methyl sites for hydroxylation is 1. The molecule has 0 saturated carbocycles. The lowest BCUT2D eigenvalue weighted by atomic mass is 10.0. The van der Waals surface area contributed by atoms with Gasteiger partial charge < -0.3 is 20.2 Å². The van der Waals surface area contributed by atoms with Crippen molar-refractivity contribution in [2.75, 3.05) is 25.7 Å². The number of aromatic nitrogens is 3. The second-order valence-corrected chi connectivity index (χ2v) is 7.77.